The second-order valence-corrected chi connectivity index (χ2v) is 5.19. The molecule has 0 radical (unpaired) electrons. The predicted octanol–water partition coefficient (Wildman–Crippen LogP) is 1.25. The number of rotatable bonds is 8. The van der Waals surface area contributed by atoms with Gasteiger partial charge >= 0.3 is 0 Å². The third-order valence-corrected chi connectivity index (χ3v) is 3.35. The summed E-state index contributed by atoms with van der Waals surface area (Å²) in [5.74, 6) is 0.988. The summed E-state index contributed by atoms with van der Waals surface area (Å²) >= 11 is 0. The molecule has 20 heavy (non-hydrogen) atoms. The lowest BCUT2D eigenvalue weighted by molar-refractivity contribution is 0.561. The van der Waals surface area contributed by atoms with Crippen LogP contribution in [0.15, 0.2) is 24.9 Å². The summed E-state index contributed by atoms with van der Waals surface area (Å²) in [6, 6.07) is 0. The number of nitrogens with zero attached hydrogens (tertiary/aromatic N) is 5. The van der Waals surface area contributed by atoms with Crippen molar-refractivity contribution in [3.05, 3.63) is 30.6 Å². The van der Waals surface area contributed by atoms with Crippen LogP contribution in [0.25, 0.3) is 0 Å². The van der Waals surface area contributed by atoms with Crippen molar-refractivity contribution >= 4 is 5.95 Å². The van der Waals surface area contributed by atoms with Crippen molar-refractivity contribution in [1.29, 1.82) is 0 Å². The van der Waals surface area contributed by atoms with Gasteiger partial charge in [-0.25, -0.2) is 9.97 Å². The van der Waals surface area contributed by atoms with E-state index in [1.54, 1.807) is 0 Å². The minimum absolute atomic E-state index is 0.864. The fraction of sp³-hybridized carbons (Fsp3) is 0.571. The average Bonchev–Trinajstić information content (AvgIpc) is 3.04. The maximum Gasteiger partial charge on any atom is 0.204 e. The second-order valence-electron chi connectivity index (χ2n) is 5.19. The van der Waals surface area contributed by atoms with E-state index in [1.807, 2.05) is 43.9 Å². The van der Waals surface area contributed by atoms with Gasteiger partial charge in [0.15, 0.2) is 0 Å². The molecule has 0 aliphatic heterocycles. The fourth-order valence-electron chi connectivity index (χ4n) is 2.19. The largest absolute Gasteiger partial charge is 0.348 e. The molecule has 2 heterocycles. The third kappa shape index (κ3) is 3.84. The Labute approximate surface area is 120 Å². The molecule has 6 nitrogen and oxygen atoms in total. The van der Waals surface area contributed by atoms with E-state index in [0.29, 0.717) is 0 Å². The quantitative estimate of drug-likeness (QED) is 0.737. The van der Waals surface area contributed by atoms with Crippen LogP contribution in [-0.2, 0) is 20.1 Å². The first-order valence-corrected chi connectivity index (χ1v) is 7.03. The molecule has 0 aromatic carbocycles. The Kier molecular flexibility index (Phi) is 5.17. The molecule has 0 spiro atoms. The summed E-state index contributed by atoms with van der Waals surface area (Å²) in [5.41, 5.74) is 1.21. The molecule has 0 bridgehead atoms. The maximum absolute atomic E-state index is 4.40. The Morgan fingerprint density at radius 3 is 2.80 bits per heavy atom. The van der Waals surface area contributed by atoms with Crippen LogP contribution in [0.3, 0.4) is 0 Å². The van der Waals surface area contributed by atoms with Gasteiger partial charge in [0.05, 0.1) is 18.2 Å². The van der Waals surface area contributed by atoms with Gasteiger partial charge in [0.2, 0.25) is 5.95 Å². The molecule has 0 aliphatic carbocycles. The first-order chi connectivity index (χ1) is 9.68. The van der Waals surface area contributed by atoms with E-state index in [0.717, 1.165) is 38.4 Å². The molecule has 110 valence electrons. The molecule has 6 heteroatoms. The lowest BCUT2D eigenvalue weighted by Crippen LogP contribution is -2.19. The molecule has 1 N–H and O–H groups in total. The van der Waals surface area contributed by atoms with Crippen LogP contribution >= 0.6 is 0 Å². The summed E-state index contributed by atoms with van der Waals surface area (Å²) in [6.07, 6.45) is 9.96. The first kappa shape index (κ1) is 14.6. The standard InChI is InChI=1S/C14H24N6/c1-18(2)14-17-11-13(19(14)3)10-15-6-4-5-8-20-9-7-16-12-20/h7,9,11-12,15H,4-6,8,10H2,1-3H3. The van der Waals surface area contributed by atoms with Crippen molar-refractivity contribution < 1.29 is 0 Å². The zero-order chi connectivity index (χ0) is 14.4. The second kappa shape index (κ2) is 7.09. The van der Waals surface area contributed by atoms with E-state index in [1.165, 1.54) is 5.69 Å². The van der Waals surface area contributed by atoms with Gasteiger partial charge in [0.1, 0.15) is 0 Å². The van der Waals surface area contributed by atoms with Crippen molar-refractivity contribution in [2.75, 3.05) is 25.5 Å². The van der Waals surface area contributed by atoms with Crippen LogP contribution in [0.5, 0.6) is 0 Å². The summed E-state index contributed by atoms with van der Waals surface area (Å²) in [5, 5.41) is 3.47. The van der Waals surface area contributed by atoms with Gasteiger partial charge in [-0.3, -0.25) is 0 Å². The molecular weight excluding hydrogens is 252 g/mol. The number of nitrogens with one attached hydrogen (secondary N) is 1. The minimum atomic E-state index is 0.864. The molecule has 0 atom stereocenters. The molecule has 0 fully saturated rings. The Morgan fingerprint density at radius 1 is 1.30 bits per heavy atom. The van der Waals surface area contributed by atoms with E-state index < -0.39 is 0 Å². The Bertz CT molecular complexity index is 500. The number of aryl methyl sites for hydroxylation is 1. The Balaban J connectivity index is 1.63. The zero-order valence-corrected chi connectivity index (χ0v) is 12.6. The highest BCUT2D eigenvalue weighted by Gasteiger charge is 2.06. The number of anilines is 1. The van der Waals surface area contributed by atoms with Gasteiger partial charge in [0.25, 0.3) is 0 Å². The SMILES string of the molecule is CN(C)c1ncc(CNCCCCn2ccnc2)n1C. The lowest BCUT2D eigenvalue weighted by atomic mass is 10.3. The summed E-state index contributed by atoms with van der Waals surface area (Å²) < 4.78 is 4.24. The number of imidazole rings is 2. The highest BCUT2D eigenvalue weighted by atomic mass is 15.3. The number of aromatic nitrogens is 4. The number of hydrogen-bond acceptors (Lipinski definition) is 4. The average molecular weight is 276 g/mol. The van der Waals surface area contributed by atoms with Gasteiger partial charge in [-0.15, -0.1) is 0 Å². The molecule has 0 saturated carbocycles. The fourth-order valence-corrected chi connectivity index (χ4v) is 2.19. The van der Waals surface area contributed by atoms with Crippen LogP contribution < -0.4 is 10.2 Å². The Hall–Kier alpha value is -1.82. The van der Waals surface area contributed by atoms with Gasteiger partial charge in [-0.05, 0) is 19.4 Å². The van der Waals surface area contributed by atoms with Gasteiger partial charge < -0.3 is 19.4 Å². The van der Waals surface area contributed by atoms with Crippen LogP contribution in [0, 0.1) is 0 Å². The molecular formula is C14H24N6. The zero-order valence-electron chi connectivity index (χ0n) is 12.6. The number of unbranched alkanes of at least 4 members (excludes halogenated alkanes) is 1. The van der Waals surface area contributed by atoms with Crippen molar-refractivity contribution in [2.24, 2.45) is 7.05 Å². The minimum Gasteiger partial charge on any atom is -0.348 e. The molecule has 0 aliphatic rings. The van der Waals surface area contributed by atoms with Crippen LogP contribution in [0.4, 0.5) is 5.95 Å². The summed E-state index contributed by atoms with van der Waals surface area (Å²) in [6.45, 7) is 2.93. The van der Waals surface area contributed by atoms with Crippen molar-refractivity contribution in [1.82, 2.24) is 24.4 Å². The number of hydrogen-bond donors (Lipinski definition) is 1. The maximum atomic E-state index is 4.40. The topological polar surface area (TPSA) is 50.9 Å². The smallest absolute Gasteiger partial charge is 0.204 e. The van der Waals surface area contributed by atoms with Crippen LogP contribution in [0.2, 0.25) is 0 Å². The van der Waals surface area contributed by atoms with E-state index >= 15 is 0 Å². The lowest BCUT2D eigenvalue weighted by Gasteiger charge is -2.12. The molecule has 0 saturated heterocycles. The molecule has 0 amide bonds. The monoisotopic (exact) mass is 276 g/mol. The van der Waals surface area contributed by atoms with Crippen molar-refractivity contribution in [3.63, 3.8) is 0 Å². The van der Waals surface area contributed by atoms with E-state index in [-0.39, 0.29) is 0 Å². The van der Waals surface area contributed by atoms with Crippen molar-refractivity contribution in [2.45, 2.75) is 25.9 Å². The first-order valence-electron chi connectivity index (χ1n) is 7.03. The predicted molar refractivity (Wildman–Crippen MR) is 80.7 cm³/mol. The van der Waals surface area contributed by atoms with E-state index in [9.17, 15) is 0 Å². The van der Waals surface area contributed by atoms with Crippen LogP contribution in [-0.4, -0.2) is 39.7 Å². The van der Waals surface area contributed by atoms with E-state index in [4.69, 9.17) is 0 Å². The highest BCUT2D eigenvalue weighted by molar-refractivity contribution is 5.30. The molecule has 0 unspecified atom stereocenters. The van der Waals surface area contributed by atoms with Crippen LogP contribution in [0.1, 0.15) is 18.5 Å². The van der Waals surface area contributed by atoms with Gasteiger partial charge in [-0.1, -0.05) is 0 Å². The summed E-state index contributed by atoms with van der Waals surface area (Å²) in [4.78, 5) is 10.5. The summed E-state index contributed by atoms with van der Waals surface area (Å²) in [7, 11) is 6.07. The highest BCUT2D eigenvalue weighted by Crippen LogP contribution is 2.10. The van der Waals surface area contributed by atoms with E-state index in [2.05, 4.69) is 31.5 Å². The van der Waals surface area contributed by atoms with Gasteiger partial charge in [-0.2, -0.15) is 0 Å². The molecule has 2 aromatic heterocycles. The molecule has 2 rings (SSSR count). The Morgan fingerprint density at radius 2 is 2.15 bits per heavy atom. The molecule has 2 aromatic rings. The third-order valence-electron chi connectivity index (χ3n) is 3.35. The van der Waals surface area contributed by atoms with Gasteiger partial charge in [0, 0.05) is 46.6 Å². The van der Waals surface area contributed by atoms with Crippen molar-refractivity contribution in [3.8, 4) is 0 Å². The normalized spacial score (nSPS) is 10.9.